The minimum Gasteiger partial charge on any atom is -0.398 e. The van der Waals surface area contributed by atoms with Gasteiger partial charge in [0.05, 0.1) is 18.2 Å². The van der Waals surface area contributed by atoms with Gasteiger partial charge in [-0.3, -0.25) is 0 Å². The highest BCUT2D eigenvalue weighted by Crippen LogP contribution is 2.28. The number of ether oxygens (including phenoxy) is 1. The fourth-order valence-corrected chi connectivity index (χ4v) is 2.30. The fraction of sp³-hybridized carbons (Fsp3) is 0.467. The number of benzene rings is 1. The summed E-state index contributed by atoms with van der Waals surface area (Å²) in [7, 11) is 0. The Morgan fingerprint density at radius 3 is 2.56 bits per heavy atom. The molecule has 0 unspecified atom stereocenters. The highest BCUT2D eigenvalue weighted by molar-refractivity contribution is 5.92. The van der Waals surface area contributed by atoms with E-state index in [1.54, 1.807) is 0 Å². The van der Waals surface area contributed by atoms with Crippen molar-refractivity contribution in [3.8, 4) is 0 Å². The Balaban J connectivity index is 2.51. The van der Waals surface area contributed by atoms with Gasteiger partial charge in [-0.05, 0) is 45.9 Å². The third-order valence-corrected chi connectivity index (χ3v) is 3.08. The minimum atomic E-state index is 0.237. The van der Waals surface area contributed by atoms with Crippen molar-refractivity contribution in [3.63, 3.8) is 0 Å². The average Bonchev–Trinajstić information content (AvgIpc) is 2.66. The van der Waals surface area contributed by atoms with Crippen LogP contribution in [0.15, 0.2) is 24.3 Å². The van der Waals surface area contributed by atoms with E-state index in [9.17, 15) is 0 Å². The summed E-state index contributed by atoms with van der Waals surface area (Å²) < 4.78 is 8.03. The van der Waals surface area contributed by atoms with Crippen molar-refractivity contribution in [1.29, 1.82) is 0 Å². The number of hydrogen-bond donors (Lipinski definition) is 1. The topological polar surface area (TPSA) is 40.2 Å². The Morgan fingerprint density at radius 2 is 1.94 bits per heavy atom. The average molecular weight is 246 g/mol. The zero-order valence-electron chi connectivity index (χ0n) is 11.6. The molecule has 3 heteroatoms. The Labute approximate surface area is 109 Å². The van der Waals surface area contributed by atoms with Crippen LogP contribution in [-0.2, 0) is 11.3 Å². The molecule has 0 bridgehead atoms. The minimum absolute atomic E-state index is 0.237. The second-order valence-corrected chi connectivity index (χ2v) is 5.24. The monoisotopic (exact) mass is 246 g/mol. The van der Waals surface area contributed by atoms with Crippen molar-refractivity contribution < 1.29 is 4.74 Å². The van der Waals surface area contributed by atoms with Crippen LogP contribution < -0.4 is 5.73 Å². The van der Waals surface area contributed by atoms with Gasteiger partial charge < -0.3 is 15.0 Å². The molecule has 3 nitrogen and oxygen atoms in total. The number of anilines is 1. The van der Waals surface area contributed by atoms with Gasteiger partial charge in [0.25, 0.3) is 0 Å². The zero-order chi connectivity index (χ0) is 13.3. The van der Waals surface area contributed by atoms with E-state index in [0.717, 1.165) is 11.1 Å². The molecule has 2 aromatic rings. The van der Waals surface area contributed by atoms with Crippen LogP contribution >= 0.6 is 0 Å². The SMILES string of the molecule is CC(C)OCc1cc2c(N)cccc2n1C(C)C. The lowest BCUT2D eigenvalue weighted by atomic mass is 10.2. The van der Waals surface area contributed by atoms with Gasteiger partial charge in [0.1, 0.15) is 0 Å². The molecule has 0 saturated carbocycles. The molecule has 0 atom stereocenters. The fourth-order valence-electron chi connectivity index (χ4n) is 2.30. The normalized spacial score (nSPS) is 11.9. The maximum Gasteiger partial charge on any atom is 0.0871 e. The van der Waals surface area contributed by atoms with Crippen LogP contribution in [0.4, 0.5) is 5.69 Å². The quantitative estimate of drug-likeness (QED) is 0.835. The number of nitrogens with two attached hydrogens (primary N) is 1. The molecule has 0 amide bonds. The van der Waals surface area contributed by atoms with Gasteiger partial charge in [0.15, 0.2) is 0 Å². The molecule has 1 aromatic heterocycles. The molecular formula is C15H22N2O. The first-order valence-corrected chi connectivity index (χ1v) is 6.50. The molecule has 1 heterocycles. The van der Waals surface area contributed by atoms with Crippen LogP contribution in [0.3, 0.4) is 0 Å². The number of rotatable bonds is 4. The Morgan fingerprint density at radius 1 is 1.22 bits per heavy atom. The Kier molecular flexibility index (Phi) is 3.62. The summed E-state index contributed by atoms with van der Waals surface area (Å²) in [5.41, 5.74) is 9.25. The highest BCUT2D eigenvalue weighted by atomic mass is 16.5. The van der Waals surface area contributed by atoms with Crippen molar-refractivity contribution >= 4 is 16.6 Å². The molecule has 18 heavy (non-hydrogen) atoms. The molecular weight excluding hydrogens is 224 g/mol. The van der Waals surface area contributed by atoms with Gasteiger partial charge in [0.2, 0.25) is 0 Å². The molecule has 2 N–H and O–H groups in total. The lowest BCUT2D eigenvalue weighted by Gasteiger charge is -2.16. The van der Waals surface area contributed by atoms with Crippen molar-refractivity contribution in [2.75, 3.05) is 5.73 Å². The molecule has 1 aromatic carbocycles. The van der Waals surface area contributed by atoms with Gasteiger partial charge in [-0.2, -0.15) is 0 Å². The van der Waals surface area contributed by atoms with E-state index in [1.807, 2.05) is 12.1 Å². The third kappa shape index (κ3) is 2.36. The maximum absolute atomic E-state index is 6.04. The lowest BCUT2D eigenvalue weighted by molar-refractivity contribution is 0.0615. The first-order valence-electron chi connectivity index (χ1n) is 6.50. The molecule has 0 aliphatic carbocycles. The van der Waals surface area contributed by atoms with Crippen LogP contribution in [0.2, 0.25) is 0 Å². The summed E-state index contributed by atoms with van der Waals surface area (Å²) in [5.74, 6) is 0. The van der Waals surface area contributed by atoms with Gasteiger partial charge >= 0.3 is 0 Å². The Bertz CT molecular complexity index is 541. The van der Waals surface area contributed by atoms with Crippen LogP contribution in [0.5, 0.6) is 0 Å². The van der Waals surface area contributed by atoms with Crippen molar-refractivity contribution in [1.82, 2.24) is 4.57 Å². The van der Waals surface area contributed by atoms with E-state index < -0.39 is 0 Å². The Hall–Kier alpha value is -1.48. The number of nitrogen functional groups attached to an aromatic ring is 1. The molecule has 0 saturated heterocycles. The first-order chi connectivity index (χ1) is 8.50. The molecule has 0 radical (unpaired) electrons. The van der Waals surface area contributed by atoms with Gasteiger partial charge in [0, 0.05) is 22.8 Å². The smallest absolute Gasteiger partial charge is 0.0871 e. The number of fused-ring (bicyclic) bond motifs is 1. The number of hydrogen-bond acceptors (Lipinski definition) is 2. The second-order valence-electron chi connectivity index (χ2n) is 5.24. The first kappa shape index (κ1) is 13.0. The molecule has 2 rings (SSSR count). The van der Waals surface area contributed by atoms with Crippen molar-refractivity contribution in [2.45, 2.75) is 46.4 Å². The maximum atomic E-state index is 6.04. The summed E-state index contributed by atoms with van der Waals surface area (Å²) >= 11 is 0. The van der Waals surface area contributed by atoms with Gasteiger partial charge in [-0.15, -0.1) is 0 Å². The van der Waals surface area contributed by atoms with Crippen LogP contribution in [0.1, 0.15) is 39.4 Å². The predicted octanol–water partition coefficient (Wildman–Crippen LogP) is 3.73. The second kappa shape index (κ2) is 5.02. The highest BCUT2D eigenvalue weighted by Gasteiger charge is 2.13. The van der Waals surface area contributed by atoms with E-state index >= 15 is 0 Å². The summed E-state index contributed by atoms with van der Waals surface area (Å²) in [6, 6.07) is 8.61. The van der Waals surface area contributed by atoms with Crippen molar-refractivity contribution in [2.24, 2.45) is 0 Å². The van der Waals surface area contributed by atoms with Crippen molar-refractivity contribution in [3.05, 3.63) is 30.0 Å². The van der Waals surface area contributed by atoms with E-state index in [0.29, 0.717) is 12.6 Å². The van der Waals surface area contributed by atoms with E-state index in [-0.39, 0.29) is 6.10 Å². The summed E-state index contributed by atoms with van der Waals surface area (Å²) in [6.07, 6.45) is 0.237. The predicted molar refractivity (Wildman–Crippen MR) is 76.7 cm³/mol. The number of nitrogens with zero attached hydrogens (tertiary/aromatic N) is 1. The van der Waals surface area contributed by atoms with Gasteiger partial charge in [-0.25, -0.2) is 0 Å². The van der Waals surface area contributed by atoms with Gasteiger partial charge in [-0.1, -0.05) is 6.07 Å². The van der Waals surface area contributed by atoms with E-state index in [4.69, 9.17) is 10.5 Å². The van der Waals surface area contributed by atoms with E-state index in [2.05, 4.69) is 44.4 Å². The standard InChI is InChI=1S/C15H22N2O/c1-10(2)17-12(9-18-11(3)4)8-13-14(16)6-5-7-15(13)17/h5-8,10-11H,9,16H2,1-4H3. The largest absolute Gasteiger partial charge is 0.398 e. The van der Waals surface area contributed by atoms with Crippen LogP contribution in [0, 0.1) is 0 Å². The van der Waals surface area contributed by atoms with Crippen LogP contribution in [0.25, 0.3) is 10.9 Å². The third-order valence-electron chi connectivity index (χ3n) is 3.08. The lowest BCUT2D eigenvalue weighted by Crippen LogP contribution is -2.09. The number of aromatic nitrogens is 1. The zero-order valence-corrected chi connectivity index (χ0v) is 11.6. The molecule has 0 fully saturated rings. The summed E-state index contributed by atoms with van der Waals surface area (Å²) in [6.45, 7) is 9.10. The molecule has 0 aliphatic heterocycles. The molecule has 98 valence electrons. The van der Waals surface area contributed by atoms with E-state index in [1.165, 1.54) is 11.2 Å². The molecule has 0 aliphatic rings. The van der Waals surface area contributed by atoms with Crippen LogP contribution in [-0.4, -0.2) is 10.7 Å². The summed E-state index contributed by atoms with van der Waals surface area (Å²) in [4.78, 5) is 0. The summed E-state index contributed by atoms with van der Waals surface area (Å²) in [5, 5.41) is 1.12. The molecule has 0 spiro atoms.